The maximum Gasteiger partial charge on any atom is 0.0477 e. The zero-order valence-electron chi connectivity index (χ0n) is 10.6. The van der Waals surface area contributed by atoms with Gasteiger partial charge in [-0.3, -0.25) is 0 Å². The summed E-state index contributed by atoms with van der Waals surface area (Å²) in [7, 11) is 1.76. The highest BCUT2D eigenvalue weighted by Crippen LogP contribution is 2.11. The number of aryl methyl sites for hydroxylation is 1. The Kier molecular flexibility index (Phi) is 6.12. The lowest BCUT2D eigenvalue weighted by molar-refractivity contribution is 0.183. The van der Waals surface area contributed by atoms with Gasteiger partial charge in [-0.25, -0.2) is 0 Å². The number of benzene rings is 1. The summed E-state index contributed by atoms with van der Waals surface area (Å²) in [5, 5.41) is 3.51. The summed E-state index contributed by atoms with van der Waals surface area (Å²) in [6.45, 7) is 6.16. The molecule has 0 amide bonds. The van der Waals surface area contributed by atoms with Crippen LogP contribution in [0.2, 0.25) is 0 Å². The molecule has 16 heavy (non-hydrogen) atoms. The molecule has 0 heterocycles. The van der Waals surface area contributed by atoms with Gasteiger partial charge in [0.05, 0.1) is 0 Å². The second kappa shape index (κ2) is 7.42. The van der Waals surface area contributed by atoms with Crippen LogP contribution in [0.4, 0.5) is 0 Å². The van der Waals surface area contributed by atoms with Crippen molar-refractivity contribution in [3.8, 4) is 0 Å². The van der Waals surface area contributed by atoms with E-state index in [2.05, 4.69) is 43.4 Å². The third kappa shape index (κ3) is 4.33. The number of rotatable bonds is 7. The molecule has 1 aromatic carbocycles. The molecule has 0 radical (unpaired) electrons. The molecule has 0 bridgehead atoms. The van der Waals surface area contributed by atoms with E-state index in [9.17, 15) is 0 Å². The molecule has 0 aromatic heterocycles. The Labute approximate surface area is 99.0 Å². The normalized spacial score (nSPS) is 12.7. The number of methoxy groups -OCH3 is 1. The molecule has 1 atom stereocenters. The van der Waals surface area contributed by atoms with Crippen molar-refractivity contribution in [3.63, 3.8) is 0 Å². The van der Waals surface area contributed by atoms with E-state index < -0.39 is 0 Å². The van der Waals surface area contributed by atoms with Crippen LogP contribution in [-0.2, 0) is 11.2 Å². The van der Waals surface area contributed by atoms with Crippen molar-refractivity contribution in [2.24, 2.45) is 0 Å². The SMILES string of the molecule is CCNC(CCOC)Cc1ccccc1C. The van der Waals surface area contributed by atoms with Crippen LogP contribution in [-0.4, -0.2) is 26.3 Å². The highest BCUT2D eigenvalue weighted by Gasteiger charge is 2.09. The molecular formula is C14H23NO. The van der Waals surface area contributed by atoms with Crippen LogP contribution in [0.5, 0.6) is 0 Å². The molecule has 0 saturated carbocycles. The summed E-state index contributed by atoms with van der Waals surface area (Å²) >= 11 is 0. The summed E-state index contributed by atoms with van der Waals surface area (Å²) in [5.41, 5.74) is 2.81. The minimum Gasteiger partial charge on any atom is -0.385 e. The Hall–Kier alpha value is -0.860. The first-order valence-corrected chi connectivity index (χ1v) is 6.04. The lowest BCUT2D eigenvalue weighted by Gasteiger charge is -2.18. The second-order valence-corrected chi connectivity index (χ2v) is 4.17. The number of hydrogen-bond acceptors (Lipinski definition) is 2. The quantitative estimate of drug-likeness (QED) is 0.764. The number of hydrogen-bond donors (Lipinski definition) is 1. The first kappa shape index (κ1) is 13.2. The van der Waals surface area contributed by atoms with Gasteiger partial charge in [-0.2, -0.15) is 0 Å². The van der Waals surface area contributed by atoms with Crippen LogP contribution in [0.1, 0.15) is 24.5 Å². The van der Waals surface area contributed by atoms with Crippen molar-refractivity contribution >= 4 is 0 Å². The third-order valence-electron chi connectivity index (χ3n) is 2.89. The van der Waals surface area contributed by atoms with E-state index in [0.29, 0.717) is 6.04 Å². The Morgan fingerprint density at radius 3 is 2.69 bits per heavy atom. The monoisotopic (exact) mass is 221 g/mol. The van der Waals surface area contributed by atoms with Gasteiger partial charge in [0.2, 0.25) is 0 Å². The van der Waals surface area contributed by atoms with Crippen LogP contribution in [0, 0.1) is 6.92 Å². The Morgan fingerprint density at radius 1 is 1.31 bits per heavy atom. The molecule has 1 N–H and O–H groups in total. The molecule has 0 saturated heterocycles. The van der Waals surface area contributed by atoms with Gasteiger partial charge in [0, 0.05) is 19.8 Å². The molecule has 2 nitrogen and oxygen atoms in total. The van der Waals surface area contributed by atoms with Gasteiger partial charge in [0.15, 0.2) is 0 Å². The van der Waals surface area contributed by atoms with Crippen molar-refractivity contribution in [3.05, 3.63) is 35.4 Å². The van der Waals surface area contributed by atoms with E-state index in [1.165, 1.54) is 11.1 Å². The summed E-state index contributed by atoms with van der Waals surface area (Å²) in [6, 6.07) is 9.12. The minimum absolute atomic E-state index is 0.519. The first-order chi connectivity index (χ1) is 7.77. The highest BCUT2D eigenvalue weighted by atomic mass is 16.5. The molecule has 1 aromatic rings. The second-order valence-electron chi connectivity index (χ2n) is 4.17. The van der Waals surface area contributed by atoms with Crippen LogP contribution in [0.3, 0.4) is 0 Å². The van der Waals surface area contributed by atoms with E-state index in [0.717, 1.165) is 26.0 Å². The van der Waals surface area contributed by atoms with E-state index in [1.54, 1.807) is 7.11 Å². The van der Waals surface area contributed by atoms with Gasteiger partial charge in [-0.05, 0) is 37.4 Å². The molecule has 1 unspecified atom stereocenters. The molecule has 0 aliphatic carbocycles. The molecule has 0 aliphatic rings. The molecule has 0 aliphatic heterocycles. The van der Waals surface area contributed by atoms with E-state index in [-0.39, 0.29) is 0 Å². The summed E-state index contributed by atoms with van der Waals surface area (Å²) in [5.74, 6) is 0. The molecule has 0 fully saturated rings. The van der Waals surface area contributed by atoms with Crippen LogP contribution in [0.15, 0.2) is 24.3 Å². The number of likely N-dealkylation sites (N-methyl/N-ethyl adjacent to an activating group) is 1. The van der Waals surface area contributed by atoms with Crippen molar-refractivity contribution < 1.29 is 4.74 Å². The molecular weight excluding hydrogens is 198 g/mol. The van der Waals surface area contributed by atoms with Gasteiger partial charge < -0.3 is 10.1 Å². The highest BCUT2D eigenvalue weighted by molar-refractivity contribution is 5.26. The maximum absolute atomic E-state index is 5.15. The zero-order chi connectivity index (χ0) is 11.8. The van der Waals surface area contributed by atoms with Crippen LogP contribution >= 0.6 is 0 Å². The van der Waals surface area contributed by atoms with Gasteiger partial charge in [-0.1, -0.05) is 31.2 Å². The maximum atomic E-state index is 5.15. The predicted molar refractivity (Wildman–Crippen MR) is 68.8 cm³/mol. The van der Waals surface area contributed by atoms with Crippen molar-refractivity contribution in [2.45, 2.75) is 32.7 Å². The van der Waals surface area contributed by atoms with Gasteiger partial charge in [-0.15, -0.1) is 0 Å². The van der Waals surface area contributed by atoms with Crippen LogP contribution in [0.25, 0.3) is 0 Å². The molecule has 2 heteroatoms. The van der Waals surface area contributed by atoms with Crippen molar-refractivity contribution in [2.75, 3.05) is 20.3 Å². The van der Waals surface area contributed by atoms with E-state index >= 15 is 0 Å². The third-order valence-corrected chi connectivity index (χ3v) is 2.89. The predicted octanol–water partition coefficient (Wildman–Crippen LogP) is 2.55. The van der Waals surface area contributed by atoms with E-state index in [4.69, 9.17) is 4.74 Å². The fourth-order valence-electron chi connectivity index (χ4n) is 1.93. The Bertz CT molecular complexity index is 299. The smallest absolute Gasteiger partial charge is 0.0477 e. The van der Waals surface area contributed by atoms with Crippen LogP contribution < -0.4 is 5.32 Å². The van der Waals surface area contributed by atoms with Gasteiger partial charge >= 0.3 is 0 Å². The van der Waals surface area contributed by atoms with Gasteiger partial charge in [0.1, 0.15) is 0 Å². The van der Waals surface area contributed by atoms with Crippen molar-refractivity contribution in [1.82, 2.24) is 5.32 Å². The van der Waals surface area contributed by atoms with Gasteiger partial charge in [0.25, 0.3) is 0 Å². The molecule has 90 valence electrons. The minimum atomic E-state index is 0.519. The zero-order valence-corrected chi connectivity index (χ0v) is 10.6. The standard InChI is InChI=1S/C14H23NO/c1-4-15-14(9-10-16-3)11-13-8-6-5-7-12(13)2/h5-8,14-15H,4,9-11H2,1-3H3. The Morgan fingerprint density at radius 2 is 2.06 bits per heavy atom. The summed E-state index contributed by atoms with van der Waals surface area (Å²) < 4.78 is 5.15. The summed E-state index contributed by atoms with van der Waals surface area (Å²) in [4.78, 5) is 0. The average molecular weight is 221 g/mol. The van der Waals surface area contributed by atoms with E-state index in [1.807, 2.05) is 0 Å². The lowest BCUT2D eigenvalue weighted by atomic mass is 9.99. The average Bonchev–Trinajstić information content (AvgIpc) is 2.29. The van der Waals surface area contributed by atoms with Crippen molar-refractivity contribution in [1.29, 1.82) is 0 Å². The lowest BCUT2D eigenvalue weighted by Crippen LogP contribution is -2.32. The Balaban J connectivity index is 2.56. The summed E-state index contributed by atoms with van der Waals surface area (Å²) in [6.07, 6.45) is 2.16. The fourth-order valence-corrected chi connectivity index (χ4v) is 1.93. The molecule has 0 spiro atoms. The molecule has 1 rings (SSSR count). The number of ether oxygens (including phenoxy) is 1. The topological polar surface area (TPSA) is 21.3 Å². The number of nitrogens with one attached hydrogen (secondary N) is 1. The first-order valence-electron chi connectivity index (χ1n) is 6.04. The fraction of sp³-hybridized carbons (Fsp3) is 0.571. The largest absolute Gasteiger partial charge is 0.385 e.